The number of phenols is 1. The van der Waals surface area contributed by atoms with Crippen LogP contribution in [0.5, 0.6) is 5.75 Å². The fourth-order valence-electron chi connectivity index (χ4n) is 1.14. The standard InChI is InChI=1S/C9H13NO2/c1-2-7-3-8(6-10-12)5-9(11)4-7/h3-5,10-12H,2,6H2,1H3. The second kappa shape index (κ2) is 4.09. The molecule has 66 valence electrons. The lowest BCUT2D eigenvalue weighted by Crippen LogP contribution is -2.06. The quantitative estimate of drug-likeness (QED) is 0.597. The number of rotatable bonds is 3. The summed E-state index contributed by atoms with van der Waals surface area (Å²) in [5.41, 5.74) is 4.00. The van der Waals surface area contributed by atoms with Gasteiger partial charge in [0.25, 0.3) is 0 Å². The van der Waals surface area contributed by atoms with Crippen molar-refractivity contribution in [2.24, 2.45) is 0 Å². The minimum absolute atomic E-state index is 0.250. The summed E-state index contributed by atoms with van der Waals surface area (Å²) in [7, 11) is 0. The van der Waals surface area contributed by atoms with Crippen molar-refractivity contribution in [2.45, 2.75) is 19.9 Å². The highest BCUT2D eigenvalue weighted by Crippen LogP contribution is 2.15. The van der Waals surface area contributed by atoms with Crippen LogP contribution in [0, 0.1) is 0 Å². The van der Waals surface area contributed by atoms with Gasteiger partial charge in [-0.2, -0.15) is 0 Å². The molecule has 0 radical (unpaired) electrons. The van der Waals surface area contributed by atoms with E-state index in [2.05, 4.69) is 5.48 Å². The van der Waals surface area contributed by atoms with Crippen LogP contribution in [-0.4, -0.2) is 10.3 Å². The number of benzene rings is 1. The Labute approximate surface area is 71.6 Å². The number of hydrogen-bond acceptors (Lipinski definition) is 3. The first-order chi connectivity index (χ1) is 5.76. The van der Waals surface area contributed by atoms with Gasteiger partial charge in [0.2, 0.25) is 0 Å². The normalized spacial score (nSPS) is 10.2. The minimum atomic E-state index is 0.250. The van der Waals surface area contributed by atoms with Crippen LogP contribution in [0.2, 0.25) is 0 Å². The summed E-state index contributed by atoms with van der Waals surface area (Å²) in [5, 5.41) is 17.7. The molecule has 0 saturated heterocycles. The molecule has 1 rings (SSSR count). The third kappa shape index (κ3) is 2.22. The van der Waals surface area contributed by atoms with E-state index in [1.54, 1.807) is 12.1 Å². The van der Waals surface area contributed by atoms with Crippen LogP contribution in [0.3, 0.4) is 0 Å². The summed E-state index contributed by atoms with van der Waals surface area (Å²) in [4.78, 5) is 0. The van der Waals surface area contributed by atoms with Crippen molar-refractivity contribution in [3.8, 4) is 5.75 Å². The molecule has 0 heterocycles. The van der Waals surface area contributed by atoms with Crippen LogP contribution >= 0.6 is 0 Å². The molecule has 3 nitrogen and oxygen atoms in total. The average Bonchev–Trinajstić information content (AvgIpc) is 2.04. The third-order valence-corrected chi connectivity index (χ3v) is 1.73. The number of aromatic hydroxyl groups is 1. The molecule has 0 aliphatic rings. The van der Waals surface area contributed by atoms with Gasteiger partial charge in [0.15, 0.2) is 0 Å². The summed E-state index contributed by atoms with van der Waals surface area (Å²) in [6.07, 6.45) is 0.882. The zero-order chi connectivity index (χ0) is 8.97. The molecular weight excluding hydrogens is 154 g/mol. The van der Waals surface area contributed by atoms with E-state index >= 15 is 0 Å². The van der Waals surface area contributed by atoms with Crippen molar-refractivity contribution in [3.05, 3.63) is 29.3 Å². The predicted molar refractivity (Wildman–Crippen MR) is 46.1 cm³/mol. The first-order valence-corrected chi connectivity index (χ1v) is 3.95. The van der Waals surface area contributed by atoms with Crippen LogP contribution in [0.4, 0.5) is 0 Å². The Balaban J connectivity index is 2.90. The van der Waals surface area contributed by atoms with Gasteiger partial charge in [0.1, 0.15) is 5.75 Å². The highest BCUT2D eigenvalue weighted by atomic mass is 16.5. The Morgan fingerprint density at radius 3 is 2.50 bits per heavy atom. The van der Waals surface area contributed by atoms with Gasteiger partial charge in [0, 0.05) is 6.54 Å². The Morgan fingerprint density at radius 1 is 1.25 bits per heavy atom. The van der Waals surface area contributed by atoms with Gasteiger partial charge in [0.05, 0.1) is 0 Å². The fraction of sp³-hybridized carbons (Fsp3) is 0.333. The van der Waals surface area contributed by atoms with E-state index < -0.39 is 0 Å². The van der Waals surface area contributed by atoms with Crippen molar-refractivity contribution < 1.29 is 10.3 Å². The van der Waals surface area contributed by atoms with Crippen LogP contribution in [0.15, 0.2) is 18.2 Å². The molecule has 0 fully saturated rings. The molecule has 12 heavy (non-hydrogen) atoms. The van der Waals surface area contributed by atoms with Crippen molar-refractivity contribution in [2.75, 3.05) is 0 Å². The van der Waals surface area contributed by atoms with Crippen LogP contribution in [0.1, 0.15) is 18.1 Å². The maximum absolute atomic E-state index is 9.24. The summed E-state index contributed by atoms with van der Waals surface area (Å²) in [6, 6.07) is 5.30. The number of aryl methyl sites for hydroxylation is 1. The molecule has 0 amide bonds. The molecule has 0 saturated carbocycles. The molecule has 0 aliphatic carbocycles. The maximum atomic E-state index is 9.24. The summed E-state index contributed by atoms with van der Waals surface area (Å²) in [6.45, 7) is 2.38. The lowest BCUT2D eigenvalue weighted by atomic mass is 10.1. The van der Waals surface area contributed by atoms with E-state index in [0.29, 0.717) is 6.54 Å². The number of phenolic OH excluding ortho intramolecular Hbond substituents is 1. The highest BCUT2D eigenvalue weighted by molar-refractivity contribution is 5.33. The Kier molecular flexibility index (Phi) is 3.08. The van der Waals surface area contributed by atoms with Gasteiger partial charge in [-0.25, -0.2) is 5.48 Å². The molecule has 3 N–H and O–H groups in total. The van der Waals surface area contributed by atoms with Crippen molar-refractivity contribution >= 4 is 0 Å². The summed E-state index contributed by atoms with van der Waals surface area (Å²) < 4.78 is 0. The van der Waals surface area contributed by atoms with Gasteiger partial charge in [-0.1, -0.05) is 13.0 Å². The lowest BCUT2D eigenvalue weighted by molar-refractivity contribution is 0.161. The predicted octanol–water partition coefficient (Wildman–Crippen LogP) is 1.43. The number of nitrogens with one attached hydrogen (secondary N) is 1. The van der Waals surface area contributed by atoms with E-state index in [9.17, 15) is 5.11 Å². The van der Waals surface area contributed by atoms with Crippen LogP contribution < -0.4 is 5.48 Å². The van der Waals surface area contributed by atoms with E-state index in [0.717, 1.165) is 17.5 Å². The van der Waals surface area contributed by atoms with Crippen molar-refractivity contribution in [3.63, 3.8) is 0 Å². The second-order valence-corrected chi connectivity index (χ2v) is 2.70. The van der Waals surface area contributed by atoms with E-state index in [1.807, 2.05) is 13.0 Å². The second-order valence-electron chi connectivity index (χ2n) is 2.70. The van der Waals surface area contributed by atoms with E-state index in [1.165, 1.54) is 0 Å². The average molecular weight is 167 g/mol. The van der Waals surface area contributed by atoms with Crippen molar-refractivity contribution in [1.29, 1.82) is 0 Å². The van der Waals surface area contributed by atoms with E-state index in [4.69, 9.17) is 5.21 Å². The first-order valence-electron chi connectivity index (χ1n) is 3.95. The monoisotopic (exact) mass is 167 g/mol. The molecule has 0 aromatic heterocycles. The molecule has 1 aromatic rings. The molecule has 0 atom stereocenters. The number of hydroxylamine groups is 1. The Hall–Kier alpha value is -1.06. The largest absolute Gasteiger partial charge is 0.508 e. The SMILES string of the molecule is CCc1cc(O)cc(CNO)c1. The molecular formula is C9H13NO2. The topological polar surface area (TPSA) is 52.5 Å². The van der Waals surface area contributed by atoms with Gasteiger partial charge >= 0.3 is 0 Å². The molecule has 0 bridgehead atoms. The molecule has 1 aromatic carbocycles. The van der Waals surface area contributed by atoms with Gasteiger partial charge < -0.3 is 10.3 Å². The van der Waals surface area contributed by atoms with Gasteiger partial charge in [-0.05, 0) is 29.7 Å². The Morgan fingerprint density at radius 2 is 1.92 bits per heavy atom. The molecule has 0 spiro atoms. The number of hydrogen-bond donors (Lipinski definition) is 3. The molecule has 0 unspecified atom stereocenters. The maximum Gasteiger partial charge on any atom is 0.116 e. The first kappa shape index (κ1) is 9.03. The molecule has 0 aliphatic heterocycles. The smallest absolute Gasteiger partial charge is 0.116 e. The molecule has 3 heteroatoms. The summed E-state index contributed by atoms with van der Waals surface area (Å²) in [5.74, 6) is 0.250. The Bertz CT molecular complexity index is 261. The highest BCUT2D eigenvalue weighted by Gasteiger charge is 1.97. The minimum Gasteiger partial charge on any atom is -0.508 e. The van der Waals surface area contributed by atoms with E-state index in [-0.39, 0.29) is 5.75 Å². The lowest BCUT2D eigenvalue weighted by Gasteiger charge is -2.03. The van der Waals surface area contributed by atoms with Gasteiger partial charge in [-0.15, -0.1) is 0 Å². The van der Waals surface area contributed by atoms with Crippen LogP contribution in [-0.2, 0) is 13.0 Å². The van der Waals surface area contributed by atoms with Crippen molar-refractivity contribution in [1.82, 2.24) is 5.48 Å². The fourth-order valence-corrected chi connectivity index (χ4v) is 1.14. The summed E-state index contributed by atoms with van der Waals surface area (Å²) >= 11 is 0. The zero-order valence-electron chi connectivity index (χ0n) is 7.04. The third-order valence-electron chi connectivity index (χ3n) is 1.73. The van der Waals surface area contributed by atoms with Gasteiger partial charge in [-0.3, -0.25) is 0 Å². The van der Waals surface area contributed by atoms with Crippen LogP contribution in [0.25, 0.3) is 0 Å². The zero-order valence-corrected chi connectivity index (χ0v) is 7.04.